The number of aliphatic hydroxyl groups excluding tert-OH is 1. The lowest BCUT2D eigenvalue weighted by Crippen LogP contribution is -2.30. The van der Waals surface area contributed by atoms with Crippen LogP contribution in [0.25, 0.3) is 0 Å². The summed E-state index contributed by atoms with van der Waals surface area (Å²) >= 11 is 7.55. The molecule has 0 radical (unpaired) electrons. The highest BCUT2D eigenvalue weighted by Crippen LogP contribution is 2.48. The average Bonchev–Trinajstić information content (AvgIpc) is 2.16. The van der Waals surface area contributed by atoms with Crippen molar-refractivity contribution < 1.29 is 9.50 Å². The van der Waals surface area contributed by atoms with Crippen LogP contribution in [0.1, 0.15) is 31.1 Å². The Balaban J connectivity index is 2.60. The van der Waals surface area contributed by atoms with Gasteiger partial charge in [0, 0.05) is 26.6 Å². The van der Waals surface area contributed by atoms with E-state index in [1.807, 2.05) is 13.8 Å². The minimum Gasteiger partial charge on any atom is -0.387 e. The highest BCUT2D eigenvalue weighted by atomic mass is 35.5. The summed E-state index contributed by atoms with van der Waals surface area (Å²) in [6.45, 7) is 3.87. The van der Waals surface area contributed by atoms with Crippen molar-refractivity contribution in [3.8, 4) is 0 Å². The van der Waals surface area contributed by atoms with Gasteiger partial charge < -0.3 is 5.11 Å². The van der Waals surface area contributed by atoms with E-state index < -0.39 is 6.10 Å². The van der Waals surface area contributed by atoms with Gasteiger partial charge in [0.15, 0.2) is 0 Å². The maximum absolute atomic E-state index is 13.5. The lowest BCUT2D eigenvalue weighted by atomic mass is 9.93. The molecule has 1 heterocycles. The second-order valence-corrected chi connectivity index (χ2v) is 6.25. The number of hydrogen-bond donors (Lipinski definition) is 1. The molecule has 4 heteroatoms. The molecule has 0 aromatic heterocycles. The first-order chi connectivity index (χ1) is 6.93. The van der Waals surface area contributed by atoms with E-state index in [1.165, 1.54) is 12.1 Å². The molecule has 0 amide bonds. The molecule has 1 nitrogen and oxygen atoms in total. The van der Waals surface area contributed by atoms with Gasteiger partial charge in [-0.1, -0.05) is 11.6 Å². The molecule has 1 aliphatic heterocycles. The lowest BCUT2D eigenvalue weighted by Gasteiger charge is -2.36. The zero-order valence-electron chi connectivity index (χ0n) is 8.55. The summed E-state index contributed by atoms with van der Waals surface area (Å²) in [5.41, 5.74) is 1.10. The van der Waals surface area contributed by atoms with Crippen molar-refractivity contribution in [1.82, 2.24) is 0 Å². The third-order valence-electron chi connectivity index (χ3n) is 2.77. The molecule has 0 saturated carbocycles. The Morgan fingerprint density at radius 1 is 1.53 bits per heavy atom. The Bertz CT molecular complexity index is 406. The molecule has 1 aromatic rings. The predicted molar refractivity (Wildman–Crippen MR) is 61.7 cm³/mol. The fraction of sp³-hybridized carbons (Fsp3) is 0.455. The SMILES string of the molecule is CC1(C)SCc2c(F)ccc(Cl)c2C1O. The van der Waals surface area contributed by atoms with Gasteiger partial charge in [0.25, 0.3) is 0 Å². The summed E-state index contributed by atoms with van der Waals surface area (Å²) in [4.78, 5) is 0. The smallest absolute Gasteiger partial charge is 0.127 e. The Hall–Kier alpha value is -0.250. The Labute approximate surface area is 97.6 Å². The first kappa shape index (κ1) is 11.2. The van der Waals surface area contributed by atoms with Crippen LogP contribution < -0.4 is 0 Å². The van der Waals surface area contributed by atoms with Crippen LogP contribution in [0.2, 0.25) is 5.02 Å². The van der Waals surface area contributed by atoms with E-state index in [2.05, 4.69) is 0 Å². The van der Waals surface area contributed by atoms with Crippen molar-refractivity contribution in [2.75, 3.05) is 0 Å². The van der Waals surface area contributed by atoms with Crippen LogP contribution in [0.3, 0.4) is 0 Å². The van der Waals surface area contributed by atoms with Crippen LogP contribution >= 0.6 is 23.4 Å². The molecule has 1 N–H and O–H groups in total. The molecule has 1 atom stereocenters. The first-order valence-electron chi connectivity index (χ1n) is 4.72. The van der Waals surface area contributed by atoms with Gasteiger partial charge in [-0.3, -0.25) is 0 Å². The van der Waals surface area contributed by atoms with Gasteiger partial charge in [-0.15, -0.1) is 11.8 Å². The van der Waals surface area contributed by atoms with Gasteiger partial charge in [-0.05, 0) is 26.0 Å². The van der Waals surface area contributed by atoms with E-state index in [4.69, 9.17) is 11.6 Å². The highest BCUT2D eigenvalue weighted by molar-refractivity contribution is 7.99. The van der Waals surface area contributed by atoms with Crippen LogP contribution in [0.5, 0.6) is 0 Å². The number of fused-ring (bicyclic) bond motifs is 1. The minimum absolute atomic E-state index is 0.281. The summed E-state index contributed by atoms with van der Waals surface area (Å²) in [7, 11) is 0. The third kappa shape index (κ3) is 1.77. The van der Waals surface area contributed by atoms with E-state index >= 15 is 0 Å². The van der Waals surface area contributed by atoms with Crippen LogP contribution in [0.4, 0.5) is 4.39 Å². The zero-order chi connectivity index (χ0) is 11.2. The molecule has 1 unspecified atom stereocenters. The molecule has 0 bridgehead atoms. The maximum Gasteiger partial charge on any atom is 0.127 e. The van der Waals surface area contributed by atoms with Crippen molar-refractivity contribution in [3.05, 3.63) is 34.1 Å². The van der Waals surface area contributed by atoms with E-state index in [1.54, 1.807) is 11.8 Å². The molecular formula is C11H12ClFOS. The van der Waals surface area contributed by atoms with Crippen LogP contribution in [0.15, 0.2) is 12.1 Å². The van der Waals surface area contributed by atoms with E-state index in [0.29, 0.717) is 21.9 Å². The van der Waals surface area contributed by atoms with Gasteiger partial charge in [0.2, 0.25) is 0 Å². The molecule has 2 rings (SSSR count). The fourth-order valence-corrected chi connectivity index (χ4v) is 3.10. The van der Waals surface area contributed by atoms with E-state index in [0.717, 1.165) is 0 Å². The minimum atomic E-state index is -0.713. The van der Waals surface area contributed by atoms with Crippen LogP contribution in [-0.2, 0) is 5.75 Å². The number of aliphatic hydroxyl groups is 1. The van der Waals surface area contributed by atoms with Crippen molar-refractivity contribution in [3.63, 3.8) is 0 Å². The van der Waals surface area contributed by atoms with Crippen molar-refractivity contribution in [2.45, 2.75) is 30.5 Å². The summed E-state index contributed by atoms with van der Waals surface area (Å²) in [6, 6.07) is 2.86. The van der Waals surface area contributed by atoms with Gasteiger partial charge >= 0.3 is 0 Å². The second kappa shape index (κ2) is 3.65. The lowest BCUT2D eigenvalue weighted by molar-refractivity contribution is 0.141. The molecule has 1 aromatic carbocycles. The average molecular weight is 247 g/mol. The third-order valence-corrected chi connectivity index (χ3v) is 4.50. The number of thioether (sulfide) groups is 1. The standard InChI is InChI=1S/C11H12ClFOS/c1-11(2)10(14)9-6(5-15-11)8(13)4-3-7(9)12/h3-4,10,14H,5H2,1-2H3. The highest BCUT2D eigenvalue weighted by Gasteiger charge is 2.37. The van der Waals surface area contributed by atoms with Gasteiger partial charge in [0.1, 0.15) is 5.82 Å². The Kier molecular flexibility index (Phi) is 2.73. The number of rotatable bonds is 0. The number of benzene rings is 1. The molecule has 1 aliphatic rings. The zero-order valence-corrected chi connectivity index (χ0v) is 10.1. The summed E-state index contributed by atoms with van der Waals surface area (Å²) in [5.74, 6) is 0.280. The monoisotopic (exact) mass is 246 g/mol. The Morgan fingerprint density at radius 2 is 2.20 bits per heavy atom. The van der Waals surface area contributed by atoms with Gasteiger partial charge in [-0.2, -0.15) is 0 Å². The molecule has 0 spiro atoms. The quantitative estimate of drug-likeness (QED) is 0.756. The maximum atomic E-state index is 13.5. The van der Waals surface area contributed by atoms with Crippen molar-refractivity contribution >= 4 is 23.4 Å². The first-order valence-corrected chi connectivity index (χ1v) is 6.08. The van der Waals surface area contributed by atoms with Gasteiger partial charge in [0.05, 0.1) is 6.10 Å². The molecule has 82 valence electrons. The number of hydrogen-bond acceptors (Lipinski definition) is 2. The second-order valence-electron chi connectivity index (χ2n) is 4.22. The molecule has 0 fully saturated rings. The van der Waals surface area contributed by atoms with Crippen LogP contribution in [-0.4, -0.2) is 9.85 Å². The largest absolute Gasteiger partial charge is 0.387 e. The fourth-order valence-electron chi connectivity index (χ4n) is 1.74. The summed E-state index contributed by atoms with van der Waals surface area (Å²) < 4.78 is 13.2. The summed E-state index contributed by atoms with van der Waals surface area (Å²) in [6.07, 6.45) is -0.713. The molecular weight excluding hydrogens is 235 g/mol. The molecule has 0 saturated heterocycles. The summed E-state index contributed by atoms with van der Waals surface area (Å²) in [5, 5.41) is 10.6. The van der Waals surface area contributed by atoms with Crippen molar-refractivity contribution in [2.24, 2.45) is 0 Å². The molecule has 15 heavy (non-hydrogen) atoms. The van der Waals surface area contributed by atoms with Crippen LogP contribution in [0, 0.1) is 5.82 Å². The number of halogens is 2. The topological polar surface area (TPSA) is 20.2 Å². The molecule has 0 aliphatic carbocycles. The predicted octanol–water partition coefficient (Wildman–Crippen LogP) is 3.54. The van der Waals surface area contributed by atoms with Gasteiger partial charge in [-0.25, -0.2) is 4.39 Å². The van der Waals surface area contributed by atoms with Crippen molar-refractivity contribution in [1.29, 1.82) is 0 Å². The normalized spacial score (nSPS) is 23.7. The Morgan fingerprint density at radius 3 is 2.87 bits per heavy atom. The van der Waals surface area contributed by atoms with E-state index in [-0.39, 0.29) is 10.6 Å². The van der Waals surface area contributed by atoms with E-state index in [9.17, 15) is 9.50 Å².